The van der Waals surface area contributed by atoms with E-state index in [0.29, 0.717) is 79.1 Å². The first kappa shape index (κ1) is 46.0. The van der Waals surface area contributed by atoms with Crippen molar-refractivity contribution in [1.82, 2.24) is 25.5 Å². The number of nitrogens with zero attached hydrogens (tertiary/aromatic N) is 7. The highest BCUT2D eigenvalue weighted by molar-refractivity contribution is 6.06. The molecule has 1 atom stereocenters. The Morgan fingerprint density at radius 3 is 2.31 bits per heavy atom. The number of likely N-dealkylation sites (N-methyl/N-ethyl adjacent to an activating group) is 1. The van der Waals surface area contributed by atoms with Crippen LogP contribution in [-0.4, -0.2) is 128 Å². The number of amides is 6. The van der Waals surface area contributed by atoms with Crippen molar-refractivity contribution in [3.63, 3.8) is 0 Å². The number of benzene rings is 2. The first-order chi connectivity index (χ1) is 32.4. The summed E-state index contributed by atoms with van der Waals surface area (Å²) in [7, 11) is 4.90. The molecule has 3 aromatic rings. The van der Waals surface area contributed by atoms with E-state index in [1.807, 2.05) is 30.0 Å². The molecule has 1 spiro atoms. The number of rotatable bonds is 13. The number of nitrogens with one attached hydrogen (secondary N) is 3. The number of methoxy groups -OCH3 is 2. The molecule has 9 rings (SSSR count). The maximum absolute atomic E-state index is 13.9. The molecule has 6 amide bonds. The van der Waals surface area contributed by atoms with Gasteiger partial charge in [-0.25, -0.2) is 9.78 Å². The second-order valence-corrected chi connectivity index (χ2v) is 19.4. The van der Waals surface area contributed by atoms with Gasteiger partial charge in [-0.1, -0.05) is 19.8 Å². The molecule has 5 fully saturated rings. The fraction of sp³-hybridized carbons (Fsp3) is 0.571. The van der Waals surface area contributed by atoms with Gasteiger partial charge in [-0.2, -0.15) is 4.98 Å². The molecule has 5 heterocycles. The lowest BCUT2D eigenvalue weighted by atomic mass is 9.52. The molecule has 0 radical (unpaired) electrons. The molecule has 0 unspecified atom stereocenters. The molecular formula is C49H64N10O8. The topological polar surface area (TPSA) is 202 Å². The summed E-state index contributed by atoms with van der Waals surface area (Å²) in [6.07, 6.45) is 12.0. The van der Waals surface area contributed by atoms with Crippen LogP contribution in [0.4, 0.5) is 39.3 Å². The van der Waals surface area contributed by atoms with Gasteiger partial charge < -0.3 is 44.8 Å². The van der Waals surface area contributed by atoms with Crippen LogP contribution >= 0.6 is 0 Å². The van der Waals surface area contributed by atoms with Gasteiger partial charge in [0.25, 0.3) is 5.91 Å². The van der Waals surface area contributed by atoms with Crippen molar-refractivity contribution in [3.8, 4) is 11.5 Å². The Bertz CT molecular complexity index is 2380. The Labute approximate surface area is 391 Å². The molecule has 4 aliphatic heterocycles. The van der Waals surface area contributed by atoms with E-state index >= 15 is 0 Å². The van der Waals surface area contributed by atoms with Crippen molar-refractivity contribution in [2.75, 3.05) is 85.5 Å². The minimum absolute atomic E-state index is 0.00879. The monoisotopic (exact) mass is 920 g/mol. The molecule has 358 valence electrons. The smallest absolute Gasteiger partial charge is 0.328 e. The van der Waals surface area contributed by atoms with Crippen molar-refractivity contribution in [2.45, 2.75) is 108 Å². The zero-order valence-corrected chi connectivity index (χ0v) is 39.1. The molecule has 2 aromatic carbocycles. The van der Waals surface area contributed by atoms with Crippen molar-refractivity contribution in [3.05, 3.63) is 48.2 Å². The van der Waals surface area contributed by atoms with E-state index in [1.165, 1.54) is 4.90 Å². The fourth-order valence-corrected chi connectivity index (χ4v) is 11.8. The number of urea groups is 1. The molecular weight excluding hydrogens is 857 g/mol. The van der Waals surface area contributed by atoms with Gasteiger partial charge in [0.1, 0.15) is 23.2 Å². The Balaban J connectivity index is 0.786. The van der Waals surface area contributed by atoms with Crippen LogP contribution < -0.4 is 45.0 Å². The average Bonchev–Trinajstić information content (AvgIpc) is 3.87. The van der Waals surface area contributed by atoms with Crippen molar-refractivity contribution in [1.29, 1.82) is 0 Å². The highest BCUT2D eigenvalue weighted by Crippen LogP contribution is 2.56. The third kappa shape index (κ3) is 8.91. The summed E-state index contributed by atoms with van der Waals surface area (Å²) in [5, 5.41) is 19.1. The summed E-state index contributed by atoms with van der Waals surface area (Å²) < 4.78 is 11.4. The lowest BCUT2D eigenvalue weighted by Crippen LogP contribution is -2.64. The highest BCUT2D eigenvalue weighted by atomic mass is 16.5. The van der Waals surface area contributed by atoms with Gasteiger partial charge in [0.2, 0.25) is 23.7 Å². The van der Waals surface area contributed by atoms with Gasteiger partial charge in [0.15, 0.2) is 5.82 Å². The molecule has 6 aliphatic rings. The molecule has 0 bridgehead atoms. The summed E-state index contributed by atoms with van der Waals surface area (Å²) in [6.45, 7) is 5.04. The van der Waals surface area contributed by atoms with Crippen LogP contribution in [0.1, 0.15) is 101 Å². The SMILES string of the molecule is CC[C@@H]1C(=O)N(C)c2cnc(Nc3ccc(C(=O)NC4(CCO)CC5(CCN(C(=O)C6CCN(c7ccc(N8CCC(=O)NC8=O)c(OC)c7)CC6)CC5)C4)cc3OC)nc2N1C1CCCC1. The number of aromatic nitrogens is 2. The van der Waals surface area contributed by atoms with Crippen LogP contribution in [0.15, 0.2) is 42.6 Å². The van der Waals surface area contributed by atoms with Crippen LogP contribution in [0.2, 0.25) is 0 Å². The molecule has 2 saturated carbocycles. The minimum Gasteiger partial charge on any atom is -0.495 e. The predicted molar refractivity (Wildman–Crippen MR) is 253 cm³/mol. The van der Waals surface area contributed by atoms with E-state index in [9.17, 15) is 29.1 Å². The first-order valence-corrected chi connectivity index (χ1v) is 24.0. The normalized spacial score (nSPS) is 21.8. The molecule has 2 aliphatic carbocycles. The van der Waals surface area contributed by atoms with Crippen molar-refractivity contribution < 1.29 is 38.6 Å². The fourth-order valence-electron chi connectivity index (χ4n) is 11.8. The van der Waals surface area contributed by atoms with Crippen LogP contribution in [-0.2, 0) is 14.4 Å². The molecule has 3 saturated heterocycles. The van der Waals surface area contributed by atoms with Crippen LogP contribution in [0.3, 0.4) is 0 Å². The predicted octanol–water partition coefficient (Wildman–Crippen LogP) is 5.36. The number of ether oxygens (including phenoxy) is 2. The number of imide groups is 1. The zero-order chi connectivity index (χ0) is 47.0. The van der Waals surface area contributed by atoms with E-state index in [0.717, 1.165) is 75.7 Å². The van der Waals surface area contributed by atoms with Crippen LogP contribution in [0, 0.1) is 11.3 Å². The van der Waals surface area contributed by atoms with E-state index < -0.39 is 11.6 Å². The second-order valence-electron chi connectivity index (χ2n) is 19.4. The Hall–Kier alpha value is -6.17. The molecule has 18 nitrogen and oxygen atoms in total. The third-order valence-corrected chi connectivity index (χ3v) is 15.4. The number of piperidine rings is 2. The first-order valence-electron chi connectivity index (χ1n) is 24.0. The Morgan fingerprint density at radius 2 is 1.64 bits per heavy atom. The molecule has 18 heteroatoms. The number of anilines is 6. The lowest BCUT2D eigenvalue weighted by Gasteiger charge is -2.59. The van der Waals surface area contributed by atoms with Gasteiger partial charge in [0.05, 0.1) is 31.8 Å². The third-order valence-electron chi connectivity index (χ3n) is 15.4. The molecule has 4 N–H and O–H groups in total. The van der Waals surface area contributed by atoms with Gasteiger partial charge >= 0.3 is 6.03 Å². The van der Waals surface area contributed by atoms with E-state index in [-0.39, 0.29) is 66.6 Å². The average molecular weight is 921 g/mol. The maximum atomic E-state index is 13.9. The maximum Gasteiger partial charge on any atom is 0.328 e. The van der Waals surface area contributed by atoms with Gasteiger partial charge in [-0.05, 0) is 100.0 Å². The zero-order valence-electron chi connectivity index (χ0n) is 39.1. The van der Waals surface area contributed by atoms with Gasteiger partial charge in [-0.3, -0.25) is 29.4 Å². The van der Waals surface area contributed by atoms with Gasteiger partial charge in [0, 0.05) is 87.6 Å². The van der Waals surface area contributed by atoms with Crippen molar-refractivity contribution in [2.24, 2.45) is 11.3 Å². The van der Waals surface area contributed by atoms with E-state index in [4.69, 9.17) is 14.5 Å². The van der Waals surface area contributed by atoms with Crippen LogP contribution in [0.25, 0.3) is 0 Å². The summed E-state index contributed by atoms with van der Waals surface area (Å²) in [6, 6.07) is 10.4. The van der Waals surface area contributed by atoms with Crippen molar-refractivity contribution >= 4 is 64.2 Å². The summed E-state index contributed by atoms with van der Waals surface area (Å²) in [4.78, 5) is 84.5. The minimum atomic E-state index is -0.553. The number of hydrogen-bond donors (Lipinski definition) is 4. The number of aliphatic hydroxyl groups excluding tert-OH is 1. The lowest BCUT2D eigenvalue weighted by molar-refractivity contribution is -0.141. The largest absolute Gasteiger partial charge is 0.495 e. The number of carbonyl (C=O) groups excluding carboxylic acids is 5. The van der Waals surface area contributed by atoms with E-state index in [2.05, 4.69) is 30.7 Å². The summed E-state index contributed by atoms with van der Waals surface area (Å²) in [5.41, 5.74) is 2.71. The van der Waals surface area contributed by atoms with E-state index in [1.54, 1.807) is 50.6 Å². The van der Waals surface area contributed by atoms with Crippen LogP contribution in [0.5, 0.6) is 11.5 Å². The number of likely N-dealkylation sites (tertiary alicyclic amines) is 1. The molecule has 1 aromatic heterocycles. The number of aliphatic hydroxyl groups is 1. The number of fused-ring (bicyclic) bond motifs is 1. The van der Waals surface area contributed by atoms with Gasteiger partial charge in [-0.15, -0.1) is 0 Å². The number of hydrogen-bond acceptors (Lipinski definition) is 13. The number of carbonyl (C=O) groups is 5. The Morgan fingerprint density at radius 1 is 0.910 bits per heavy atom. The summed E-state index contributed by atoms with van der Waals surface area (Å²) >= 11 is 0. The highest BCUT2D eigenvalue weighted by Gasteiger charge is 2.56. The molecule has 67 heavy (non-hydrogen) atoms. The Kier molecular flexibility index (Phi) is 12.9. The second kappa shape index (κ2) is 18.8. The summed E-state index contributed by atoms with van der Waals surface area (Å²) in [5.74, 6) is 1.76. The standard InChI is InChI=1S/C49H64N10O8/c1-5-36-45(64)55(2)38-28-50-46(53-42(38)59(36)33-8-6-7-9-33)51-35-12-10-32(26-39(35)66-3)43(62)54-49(19-25-60)29-48(30-49)17-23-57(24-18-48)44(63)31-14-20-56(21-15-31)34-11-13-37(40(27-34)67-4)58-22-16-41(61)52-47(58)65/h10-13,26-28,31,33,36,60H,5-9,14-25,29-30H2,1-4H3,(H,54,62)(H,50,51,53)(H,52,61,65)/t36-/m1/s1. The quantitative estimate of drug-likeness (QED) is 0.171.